The van der Waals surface area contributed by atoms with Crippen molar-refractivity contribution in [1.82, 2.24) is 5.32 Å². The van der Waals surface area contributed by atoms with Crippen molar-refractivity contribution in [3.8, 4) is 6.07 Å². The van der Waals surface area contributed by atoms with Gasteiger partial charge in [-0.3, -0.25) is 4.79 Å². The summed E-state index contributed by atoms with van der Waals surface area (Å²) < 4.78 is 5.87. The lowest BCUT2D eigenvalue weighted by Crippen LogP contribution is -2.26. The van der Waals surface area contributed by atoms with Crippen LogP contribution in [0.1, 0.15) is 34.6 Å². The number of para-hydroxylation sites is 1. The second-order valence-electron chi connectivity index (χ2n) is 6.59. The predicted molar refractivity (Wildman–Crippen MR) is 114 cm³/mol. The lowest BCUT2D eigenvalue weighted by atomic mass is 10.1. The first-order valence-electron chi connectivity index (χ1n) is 9.21. The van der Waals surface area contributed by atoms with Crippen LogP contribution in [0.4, 0.5) is 0 Å². The normalized spacial score (nSPS) is 11.7. The molecule has 1 heterocycles. The van der Waals surface area contributed by atoms with Crippen molar-refractivity contribution in [3.05, 3.63) is 95.7 Å². The zero-order valence-corrected chi connectivity index (χ0v) is 16.6. The number of nitriles is 1. The number of carbonyl (C=O) groups is 1. The molecule has 1 atom stereocenters. The van der Waals surface area contributed by atoms with E-state index in [0.29, 0.717) is 16.9 Å². The molecule has 29 heavy (non-hydrogen) atoms. The number of benzene rings is 3. The van der Waals surface area contributed by atoms with E-state index in [1.807, 2.05) is 73.7 Å². The summed E-state index contributed by atoms with van der Waals surface area (Å²) in [7, 11) is 0. The Balaban J connectivity index is 1.57. The molecular weight excluding hydrogens is 380 g/mol. The van der Waals surface area contributed by atoms with Crippen molar-refractivity contribution in [2.24, 2.45) is 0 Å². The molecule has 4 rings (SSSR count). The van der Waals surface area contributed by atoms with E-state index in [0.717, 1.165) is 20.8 Å². The Hall–Kier alpha value is -3.49. The van der Waals surface area contributed by atoms with Crippen molar-refractivity contribution in [3.63, 3.8) is 0 Å². The van der Waals surface area contributed by atoms with Crippen LogP contribution in [-0.4, -0.2) is 5.91 Å². The summed E-state index contributed by atoms with van der Waals surface area (Å²) in [5.74, 6) is 0.523. The molecule has 0 saturated heterocycles. The lowest BCUT2D eigenvalue weighted by Gasteiger charge is -2.14. The first kappa shape index (κ1) is 18.9. The van der Waals surface area contributed by atoms with Crippen molar-refractivity contribution >= 4 is 28.6 Å². The van der Waals surface area contributed by atoms with Crippen molar-refractivity contribution in [1.29, 1.82) is 5.26 Å². The fraction of sp³-hybridized carbons (Fsp3) is 0.0833. The van der Waals surface area contributed by atoms with Crippen LogP contribution < -0.4 is 5.32 Å². The standard InChI is InChI=1S/C24H18N2O2S/c1-16(21-14-17-8-2-5-11-20(17)28-21)26-24(27)19-10-4-7-13-23(19)29-22-12-6-3-9-18(22)15-25/h2-14,16H,1H3,(H,26,27). The molecule has 0 radical (unpaired) electrons. The minimum Gasteiger partial charge on any atom is -0.459 e. The molecule has 5 heteroatoms. The van der Waals surface area contributed by atoms with Gasteiger partial charge in [0, 0.05) is 15.2 Å². The summed E-state index contributed by atoms with van der Waals surface area (Å²) in [5, 5.41) is 13.4. The minimum absolute atomic E-state index is 0.185. The largest absolute Gasteiger partial charge is 0.459 e. The van der Waals surface area contributed by atoms with Crippen LogP contribution in [0.15, 0.2) is 93.1 Å². The molecule has 0 aliphatic rings. The smallest absolute Gasteiger partial charge is 0.253 e. The van der Waals surface area contributed by atoms with E-state index in [2.05, 4.69) is 11.4 Å². The van der Waals surface area contributed by atoms with E-state index in [9.17, 15) is 10.1 Å². The summed E-state index contributed by atoms with van der Waals surface area (Å²) >= 11 is 1.41. The second kappa shape index (κ2) is 8.26. The number of furan rings is 1. The molecule has 3 aromatic carbocycles. The van der Waals surface area contributed by atoms with Crippen molar-refractivity contribution in [2.75, 3.05) is 0 Å². The quantitative estimate of drug-likeness (QED) is 0.451. The predicted octanol–water partition coefficient (Wildman–Crippen LogP) is 5.95. The maximum absolute atomic E-state index is 13.0. The molecule has 1 amide bonds. The maximum atomic E-state index is 13.0. The van der Waals surface area contributed by atoms with Crippen molar-refractivity contribution < 1.29 is 9.21 Å². The number of hydrogen-bond acceptors (Lipinski definition) is 4. The van der Waals surface area contributed by atoms with Crippen LogP contribution in [-0.2, 0) is 0 Å². The zero-order chi connectivity index (χ0) is 20.2. The monoisotopic (exact) mass is 398 g/mol. The van der Waals surface area contributed by atoms with E-state index >= 15 is 0 Å². The first-order chi connectivity index (χ1) is 14.2. The van der Waals surface area contributed by atoms with Gasteiger partial charge in [-0.05, 0) is 43.3 Å². The third kappa shape index (κ3) is 4.03. The van der Waals surface area contributed by atoms with Gasteiger partial charge in [-0.25, -0.2) is 0 Å². The number of rotatable bonds is 5. The Morgan fingerprint density at radius 1 is 1.00 bits per heavy atom. The van der Waals surface area contributed by atoms with Crippen LogP contribution >= 0.6 is 11.8 Å². The molecule has 1 aromatic heterocycles. The molecule has 1 unspecified atom stereocenters. The van der Waals surface area contributed by atoms with Crippen LogP contribution in [0, 0.1) is 11.3 Å². The Morgan fingerprint density at radius 3 is 2.48 bits per heavy atom. The Kier molecular flexibility index (Phi) is 5.37. The molecule has 0 fully saturated rings. The van der Waals surface area contributed by atoms with E-state index in [-0.39, 0.29) is 11.9 Å². The Morgan fingerprint density at radius 2 is 1.69 bits per heavy atom. The Labute approximate surface area is 173 Å². The van der Waals surface area contributed by atoms with Crippen LogP contribution in [0.5, 0.6) is 0 Å². The first-order valence-corrected chi connectivity index (χ1v) is 10.0. The van der Waals surface area contributed by atoms with Crippen LogP contribution in [0.2, 0.25) is 0 Å². The van der Waals surface area contributed by atoms with E-state index in [1.54, 1.807) is 12.1 Å². The summed E-state index contributed by atoms with van der Waals surface area (Å²) in [6.45, 7) is 1.90. The summed E-state index contributed by atoms with van der Waals surface area (Å²) in [6, 6.07) is 26.4. The third-order valence-corrected chi connectivity index (χ3v) is 5.73. The molecule has 0 bridgehead atoms. The van der Waals surface area contributed by atoms with Crippen LogP contribution in [0.25, 0.3) is 11.0 Å². The minimum atomic E-state index is -0.278. The molecule has 0 saturated carbocycles. The van der Waals surface area contributed by atoms with E-state index < -0.39 is 0 Å². The average molecular weight is 398 g/mol. The zero-order valence-electron chi connectivity index (χ0n) is 15.8. The average Bonchev–Trinajstić information content (AvgIpc) is 3.19. The highest BCUT2D eigenvalue weighted by Gasteiger charge is 2.18. The van der Waals surface area contributed by atoms with Crippen molar-refractivity contribution in [2.45, 2.75) is 22.8 Å². The molecule has 4 aromatic rings. The lowest BCUT2D eigenvalue weighted by molar-refractivity contribution is 0.0932. The Bertz CT molecular complexity index is 1190. The summed E-state index contributed by atoms with van der Waals surface area (Å²) in [6.07, 6.45) is 0. The van der Waals surface area contributed by atoms with E-state index in [1.165, 1.54) is 11.8 Å². The van der Waals surface area contributed by atoms with Gasteiger partial charge in [0.25, 0.3) is 5.91 Å². The highest BCUT2D eigenvalue weighted by Crippen LogP contribution is 2.33. The number of nitrogens with zero attached hydrogens (tertiary/aromatic N) is 1. The number of hydrogen-bond donors (Lipinski definition) is 1. The summed E-state index contributed by atoms with van der Waals surface area (Å²) in [5.41, 5.74) is 1.95. The van der Waals surface area contributed by atoms with E-state index in [4.69, 9.17) is 4.42 Å². The van der Waals surface area contributed by atoms with Gasteiger partial charge in [-0.15, -0.1) is 0 Å². The van der Waals surface area contributed by atoms with Gasteiger partial charge in [-0.2, -0.15) is 5.26 Å². The molecule has 1 N–H and O–H groups in total. The topological polar surface area (TPSA) is 66.0 Å². The molecule has 0 spiro atoms. The van der Waals surface area contributed by atoms with Gasteiger partial charge in [0.2, 0.25) is 0 Å². The molecule has 0 aliphatic heterocycles. The van der Waals surface area contributed by atoms with Gasteiger partial charge < -0.3 is 9.73 Å². The van der Waals surface area contributed by atoms with Gasteiger partial charge in [-0.1, -0.05) is 54.2 Å². The van der Waals surface area contributed by atoms with Gasteiger partial charge in [0.1, 0.15) is 17.4 Å². The highest BCUT2D eigenvalue weighted by atomic mass is 32.2. The number of amides is 1. The maximum Gasteiger partial charge on any atom is 0.253 e. The highest BCUT2D eigenvalue weighted by molar-refractivity contribution is 7.99. The van der Waals surface area contributed by atoms with Gasteiger partial charge >= 0.3 is 0 Å². The summed E-state index contributed by atoms with van der Waals surface area (Å²) in [4.78, 5) is 14.6. The number of fused-ring (bicyclic) bond motifs is 1. The molecular formula is C24H18N2O2S. The molecule has 4 nitrogen and oxygen atoms in total. The number of nitrogens with one attached hydrogen (secondary N) is 1. The second-order valence-corrected chi connectivity index (χ2v) is 7.67. The van der Waals surface area contributed by atoms with Gasteiger partial charge in [0.15, 0.2) is 0 Å². The SMILES string of the molecule is CC(NC(=O)c1ccccc1Sc1ccccc1C#N)c1cc2ccccc2o1. The van der Waals surface area contributed by atoms with Crippen LogP contribution in [0.3, 0.4) is 0 Å². The van der Waals surface area contributed by atoms with Gasteiger partial charge in [0.05, 0.1) is 17.2 Å². The number of carbonyl (C=O) groups excluding carboxylic acids is 1. The fourth-order valence-corrected chi connectivity index (χ4v) is 4.10. The molecule has 0 aliphatic carbocycles. The third-order valence-electron chi connectivity index (χ3n) is 4.58. The fourth-order valence-electron chi connectivity index (χ4n) is 3.07. The molecule has 142 valence electrons.